The molecule has 0 fully saturated rings. The summed E-state index contributed by atoms with van der Waals surface area (Å²) in [6, 6.07) is 19.8. The number of ketones is 1. The maximum absolute atomic E-state index is 12.8. The van der Waals surface area contributed by atoms with Gasteiger partial charge in [0.15, 0.2) is 5.78 Å². The number of carbonyl (C=O) groups excluding carboxylic acids is 2. The van der Waals surface area contributed by atoms with Crippen LogP contribution in [-0.2, 0) is 6.54 Å². The minimum atomic E-state index is -0.383. The third kappa shape index (κ3) is 3.91. The SMILES string of the molecule is CC(NC(=O)c1ccncc1)c1nc2ccccc2n1CC(=O)c1ccccc1. The van der Waals surface area contributed by atoms with Gasteiger partial charge >= 0.3 is 0 Å². The van der Waals surface area contributed by atoms with Crippen molar-refractivity contribution in [3.63, 3.8) is 0 Å². The summed E-state index contributed by atoms with van der Waals surface area (Å²) in [6.45, 7) is 2.01. The maximum atomic E-state index is 12.8. The largest absolute Gasteiger partial charge is 0.342 e. The molecule has 6 nitrogen and oxygen atoms in total. The van der Waals surface area contributed by atoms with E-state index in [2.05, 4.69) is 15.3 Å². The molecule has 4 rings (SSSR count). The summed E-state index contributed by atoms with van der Waals surface area (Å²) in [5.74, 6) is 0.411. The van der Waals surface area contributed by atoms with Gasteiger partial charge < -0.3 is 9.88 Å². The molecule has 0 saturated carbocycles. The van der Waals surface area contributed by atoms with E-state index in [-0.39, 0.29) is 24.3 Å². The summed E-state index contributed by atoms with van der Waals surface area (Å²) in [5.41, 5.74) is 2.81. The monoisotopic (exact) mass is 384 g/mol. The number of hydrogen-bond donors (Lipinski definition) is 1. The Hall–Kier alpha value is -3.80. The Balaban J connectivity index is 1.66. The number of para-hydroxylation sites is 2. The number of amides is 1. The summed E-state index contributed by atoms with van der Waals surface area (Å²) in [6.07, 6.45) is 3.15. The second kappa shape index (κ2) is 8.06. The van der Waals surface area contributed by atoms with E-state index in [1.807, 2.05) is 54.0 Å². The van der Waals surface area contributed by atoms with Crippen molar-refractivity contribution in [1.82, 2.24) is 19.9 Å². The smallest absolute Gasteiger partial charge is 0.251 e. The van der Waals surface area contributed by atoms with Gasteiger partial charge in [-0.25, -0.2) is 4.98 Å². The molecule has 0 aliphatic carbocycles. The van der Waals surface area contributed by atoms with Gasteiger partial charge in [-0.05, 0) is 31.2 Å². The molecule has 2 heterocycles. The first-order chi connectivity index (χ1) is 14.1. The Kier molecular flexibility index (Phi) is 5.16. The van der Waals surface area contributed by atoms with Gasteiger partial charge in [-0.1, -0.05) is 42.5 Å². The number of nitrogens with one attached hydrogen (secondary N) is 1. The number of fused-ring (bicyclic) bond motifs is 1. The number of hydrogen-bond acceptors (Lipinski definition) is 4. The normalized spacial score (nSPS) is 11.9. The van der Waals surface area contributed by atoms with Crippen LogP contribution in [0.1, 0.15) is 39.5 Å². The molecule has 1 N–H and O–H groups in total. The number of benzene rings is 2. The van der Waals surface area contributed by atoms with Crippen LogP contribution < -0.4 is 5.32 Å². The van der Waals surface area contributed by atoms with E-state index in [1.54, 1.807) is 36.7 Å². The van der Waals surface area contributed by atoms with Crippen molar-refractivity contribution in [2.24, 2.45) is 0 Å². The molecule has 29 heavy (non-hydrogen) atoms. The first-order valence-corrected chi connectivity index (χ1v) is 9.38. The van der Waals surface area contributed by atoms with Crippen LogP contribution in [0.2, 0.25) is 0 Å². The quantitative estimate of drug-likeness (QED) is 0.513. The fraction of sp³-hybridized carbons (Fsp3) is 0.130. The van der Waals surface area contributed by atoms with E-state index < -0.39 is 0 Å². The number of rotatable bonds is 6. The molecule has 0 aliphatic rings. The van der Waals surface area contributed by atoms with Crippen molar-refractivity contribution in [1.29, 1.82) is 0 Å². The molecule has 0 bridgehead atoms. The van der Waals surface area contributed by atoms with Gasteiger partial charge in [0, 0.05) is 23.5 Å². The van der Waals surface area contributed by atoms with Crippen molar-refractivity contribution in [2.45, 2.75) is 19.5 Å². The Morgan fingerprint density at radius 2 is 1.62 bits per heavy atom. The highest BCUT2D eigenvalue weighted by atomic mass is 16.1. The third-order valence-corrected chi connectivity index (χ3v) is 4.76. The predicted molar refractivity (Wildman–Crippen MR) is 111 cm³/mol. The van der Waals surface area contributed by atoms with E-state index in [4.69, 9.17) is 0 Å². The van der Waals surface area contributed by atoms with Crippen LogP contribution in [0.3, 0.4) is 0 Å². The lowest BCUT2D eigenvalue weighted by Gasteiger charge is -2.16. The number of aromatic nitrogens is 3. The summed E-state index contributed by atoms with van der Waals surface area (Å²) >= 11 is 0. The van der Waals surface area contributed by atoms with Gasteiger partial charge in [0.25, 0.3) is 5.91 Å². The van der Waals surface area contributed by atoms with Gasteiger partial charge in [0.1, 0.15) is 5.82 Å². The Morgan fingerprint density at radius 1 is 0.931 bits per heavy atom. The molecule has 0 spiro atoms. The average Bonchev–Trinajstić information content (AvgIpc) is 3.13. The topological polar surface area (TPSA) is 76.9 Å². The van der Waals surface area contributed by atoms with Gasteiger partial charge in [-0.3, -0.25) is 14.6 Å². The number of carbonyl (C=O) groups is 2. The molecule has 1 amide bonds. The highest BCUT2D eigenvalue weighted by Gasteiger charge is 2.21. The summed E-state index contributed by atoms with van der Waals surface area (Å²) in [4.78, 5) is 34.0. The number of Topliss-reactive ketones (excluding diaryl/α,β-unsaturated/α-hetero) is 1. The van der Waals surface area contributed by atoms with Crippen LogP contribution in [0.15, 0.2) is 79.1 Å². The molecule has 4 aromatic rings. The van der Waals surface area contributed by atoms with Crippen molar-refractivity contribution in [2.75, 3.05) is 0 Å². The minimum absolute atomic E-state index is 0.0114. The number of imidazole rings is 1. The fourth-order valence-corrected chi connectivity index (χ4v) is 3.30. The minimum Gasteiger partial charge on any atom is -0.342 e. The molecule has 2 aromatic carbocycles. The van der Waals surface area contributed by atoms with E-state index >= 15 is 0 Å². The molecule has 1 atom stereocenters. The lowest BCUT2D eigenvalue weighted by Crippen LogP contribution is -2.29. The molecule has 144 valence electrons. The van der Waals surface area contributed by atoms with E-state index in [1.165, 1.54) is 0 Å². The lowest BCUT2D eigenvalue weighted by molar-refractivity contribution is 0.0937. The zero-order valence-electron chi connectivity index (χ0n) is 15.9. The maximum Gasteiger partial charge on any atom is 0.251 e. The standard InChI is InChI=1S/C23H20N4O2/c1-16(25-23(29)18-11-13-24-14-12-18)22-26-19-9-5-6-10-20(19)27(22)15-21(28)17-7-3-2-4-8-17/h2-14,16H,15H2,1H3,(H,25,29). The van der Waals surface area contributed by atoms with Crippen molar-refractivity contribution in [3.05, 3.63) is 96.1 Å². The molecule has 0 saturated heterocycles. The summed E-state index contributed by atoms with van der Waals surface area (Å²) in [5, 5.41) is 2.97. The molecule has 0 aliphatic heterocycles. The second-order valence-corrected chi connectivity index (χ2v) is 6.77. The van der Waals surface area contributed by atoms with Crippen LogP contribution in [0.4, 0.5) is 0 Å². The number of nitrogens with zero attached hydrogens (tertiary/aromatic N) is 3. The zero-order valence-corrected chi connectivity index (χ0v) is 15.9. The Labute approximate surface area is 168 Å². The van der Waals surface area contributed by atoms with Crippen LogP contribution in [0.25, 0.3) is 11.0 Å². The fourth-order valence-electron chi connectivity index (χ4n) is 3.30. The average molecular weight is 384 g/mol. The van der Waals surface area contributed by atoms with Crippen LogP contribution in [0, 0.1) is 0 Å². The van der Waals surface area contributed by atoms with Gasteiger partial charge in [0.2, 0.25) is 0 Å². The molecule has 0 radical (unpaired) electrons. The van der Waals surface area contributed by atoms with Crippen LogP contribution in [0.5, 0.6) is 0 Å². The number of pyridine rings is 1. The van der Waals surface area contributed by atoms with Crippen molar-refractivity contribution < 1.29 is 9.59 Å². The van der Waals surface area contributed by atoms with E-state index in [9.17, 15) is 9.59 Å². The van der Waals surface area contributed by atoms with Crippen molar-refractivity contribution in [3.8, 4) is 0 Å². The first-order valence-electron chi connectivity index (χ1n) is 9.38. The highest BCUT2D eigenvalue weighted by molar-refractivity contribution is 5.97. The Morgan fingerprint density at radius 3 is 2.38 bits per heavy atom. The molecule has 6 heteroatoms. The van der Waals surface area contributed by atoms with E-state index in [0.29, 0.717) is 17.0 Å². The van der Waals surface area contributed by atoms with Crippen molar-refractivity contribution >= 4 is 22.7 Å². The lowest BCUT2D eigenvalue weighted by atomic mass is 10.1. The summed E-state index contributed by atoms with van der Waals surface area (Å²) < 4.78 is 1.88. The Bertz CT molecular complexity index is 1150. The zero-order chi connectivity index (χ0) is 20.2. The third-order valence-electron chi connectivity index (χ3n) is 4.76. The molecule has 2 aromatic heterocycles. The van der Waals surface area contributed by atoms with Crippen LogP contribution >= 0.6 is 0 Å². The summed E-state index contributed by atoms with van der Waals surface area (Å²) in [7, 11) is 0. The van der Waals surface area contributed by atoms with Gasteiger partial charge in [-0.15, -0.1) is 0 Å². The van der Waals surface area contributed by atoms with Gasteiger partial charge in [0.05, 0.1) is 23.6 Å². The van der Waals surface area contributed by atoms with E-state index in [0.717, 1.165) is 11.0 Å². The van der Waals surface area contributed by atoms with Crippen LogP contribution in [-0.4, -0.2) is 26.2 Å². The predicted octanol–water partition coefficient (Wildman–Crippen LogP) is 3.81. The highest BCUT2D eigenvalue weighted by Crippen LogP contribution is 2.22. The van der Waals surface area contributed by atoms with Gasteiger partial charge in [-0.2, -0.15) is 0 Å². The second-order valence-electron chi connectivity index (χ2n) is 6.77. The molecular formula is C23H20N4O2. The molecular weight excluding hydrogens is 364 g/mol. The first kappa shape index (κ1) is 18.6. The molecule has 1 unspecified atom stereocenters.